The molecule has 5 rings (SSSR count). The third kappa shape index (κ3) is 4.67. The third-order valence-corrected chi connectivity index (χ3v) is 8.21. The van der Waals surface area contributed by atoms with E-state index in [9.17, 15) is 4.79 Å². The standard InChI is InChI=1S/C28H38N4O/c1-30(20-23-10-4-2-5-11-23)21-24-12-8-9-15-26(24)31-18-16-28(17-19-31)27(33)29-22-32(28)25-13-6-3-7-14-25/h2-7,10-11,13-14,24,26H,8-9,12,15-22H2,1H3,(H,29,33). The average molecular weight is 447 g/mol. The fourth-order valence-electron chi connectivity index (χ4n) is 6.50. The van der Waals surface area contributed by atoms with Crippen LogP contribution in [-0.4, -0.2) is 60.6 Å². The highest BCUT2D eigenvalue weighted by Gasteiger charge is 2.51. The van der Waals surface area contributed by atoms with Gasteiger partial charge in [0.1, 0.15) is 5.54 Å². The van der Waals surface area contributed by atoms with E-state index in [-0.39, 0.29) is 11.4 Å². The Labute approximate surface area is 198 Å². The van der Waals surface area contributed by atoms with Crippen molar-refractivity contribution >= 4 is 11.6 Å². The van der Waals surface area contributed by atoms with E-state index in [0.29, 0.717) is 18.6 Å². The Morgan fingerprint density at radius 2 is 1.64 bits per heavy atom. The second kappa shape index (κ2) is 9.86. The Kier molecular flexibility index (Phi) is 6.70. The number of nitrogens with zero attached hydrogens (tertiary/aromatic N) is 3. The van der Waals surface area contributed by atoms with Gasteiger partial charge in [0, 0.05) is 37.9 Å². The van der Waals surface area contributed by atoms with Crippen LogP contribution in [0.3, 0.4) is 0 Å². The van der Waals surface area contributed by atoms with Crippen molar-refractivity contribution in [3.8, 4) is 0 Å². The van der Waals surface area contributed by atoms with Gasteiger partial charge in [-0.25, -0.2) is 0 Å². The maximum atomic E-state index is 13.0. The van der Waals surface area contributed by atoms with E-state index >= 15 is 0 Å². The van der Waals surface area contributed by atoms with Crippen LogP contribution in [0.2, 0.25) is 0 Å². The van der Waals surface area contributed by atoms with Gasteiger partial charge < -0.3 is 15.1 Å². The van der Waals surface area contributed by atoms with Crippen LogP contribution < -0.4 is 10.2 Å². The van der Waals surface area contributed by atoms with Crippen LogP contribution in [0.15, 0.2) is 60.7 Å². The predicted octanol–water partition coefficient (Wildman–Crippen LogP) is 4.11. The average Bonchev–Trinajstić information content (AvgIpc) is 3.16. The summed E-state index contributed by atoms with van der Waals surface area (Å²) in [4.78, 5) is 20.6. The summed E-state index contributed by atoms with van der Waals surface area (Å²) in [7, 11) is 2.27. The van der Waals surface area contributed by atoms with E-state index in [0.717, 1.165) is 44.7 Å². The molecular formula is C28H38N4O. The highest BCUT2D eigenvalue weighted by Crippen LogP contribution is 2.39. The van der Waals surface area contributed by atoms with Crippen molar-refractivity contribution in [2.75, 3.05) is 38.3 Å². The summed E-state index contributed by atoms with van der Waals surface area (Å²) >= 11 is 0. The molecule has 1 N–H and O–H groups in total. The number of benzene rings is 2. The van der Waals surface area contributed by atoms with Crippen molar-refractivity contribution < 1.29 is 4.79 Å². The fraction of sp³-hybridized carbons (Fsp3) is 0.536. The minimum absolute atomic E-state index is 0.216. The predicted molar refractivity (Wildman–Crippen MR) is 134 cm³/mol. The second-order valence-corrected chi connectivity index (χ2v) is 10.3. The first-order chi connectivity index (χ1) is 16.2. The number of anilines is 1. The second-order valence-electron chi connectivity index (χ2n) is 10.3. The fourth-order valence-corrected chi connectivity index (χ4v) is 6.50. The molecule has 176 valence electrons. The lowest BCUT2D eigenvalue weighted by Gasteiger charge is -2.48. The molecule has 0 aromatic heterocycles. The summed E-state index contributed by atoms with van der Waals surface area (Å²) in [6.45, 7) is 4.82. The SMILES string of the molecule is CN(Cc1ccccc1)CC1CCCCC1N1CCC2(CC1)C(=O)NCN2c1ccccc1. The minimum Gasteiger partial charge on any atom is -0.339 e. The molecule has 2 unspecified atom stereocenters. The summed E-state index contributed by atoms with van der Waals surface area (Å²) in [5.74, 6) is 0.929. The topological polar surface area (TPSA) is 38.8 Å². The van der Waals surface area contributed by atoms with E-state index < -0.39 is 0 Å². The van der Waals surface area contributed by atoms with Crippen molar-refractivity contribution in [1.82, 2.24) is 15.1 Å². The summed E-state index contributed by atoms with van der Waals surface area (Å²) in [6, 6.07) is 21.9. The first-order valence-corrected chi connectivity index (χ1v) is 12.7. The van der Waals surface area contributed by atoms with Crippen LogP contribution >= 0.6 is 0 Å². The Morgan fingerprint density at radius 3 is 2.36 bits per heavy atom. The minimum atomic E-state index is -0.383. The van der Waals surface area contributed by atoms with Gasteiger partial charge in [-0.05, 0) is 56.3 Å². The van der Waals surface area contributed by atoms with Crippen LogP contribution in [-0.2, 0) is 11.3 Å². The molecule has 2 heterocycles. The Bertz CT molecular complexity index is 910. The lowest BCUT2D eigenvalue weighted by molar-refractivity contribution is -0.125. The molecule has 0 radical (unpaired) electrons. The van der Waals surface area contributed by atoms with Gasteiger partial charge >= 0.3 is 0 Å². The van der Waals surface area contributed by atoms with Crippen LogP contribution in [0.5, 0.6) is 0 Å². The summed E-state index contributed by atoms with van der Waals surface area (Å²) < 4.78 is 0. The van der Waals surface area contributed by atoms with Crippen LogP contribution in [0.25, 0.3) is 0 Å². The molecule has 2 atom stereocenters. The molecule has 1 aliphatic carbocycles. The number of piperidine rings is 1. The van der Waals surface area contributed by atoms with Crippen molar-refractivity contribution in [2.24, 2.45) is 5.92 Å². The molecule has 1 spiro atoms. The van der Waals surface area contributed by atoms with Crippen molar-refractivity contribution in [3.05, 3.63) is 66.2 Å². The highest BCUT2D eigenvalue weighted by atomic mass is 16.2. The quantitative estimate of drug-likeness (QED) is 0.725. The number of rotatable bonds is 6. The summed E-state index contributed by atoms with van der Waals surface area (Å²) in [5.41, 5.74) is 2.16. The zero-order valence-corrected chi connectivity index (χ0v) is 20.0. The van der Waals surface area contributed by atoms with Crippen molar-refractivity contribution in [3.63, 3.8) is 0 Å². The molecule has 2 aromatic rings. The van der Waals surface area contributed by atoms with E-state index in [2.05, 4.69) is 81.7 Å². The van der Waals surface area contributed by atoms with E-state index in [4.69, 9.17) is 0 Å². The number of nitrogens with one attached hydrogen (secondary N) is 1. The van der Waals surface area contributed by atoms with Gasteiger partial charge in [0.2, 0.25) is 5.91 Å². The van der Waals surface area contributed by atoms with Gasteiger partial charge in [-0.2, -0.15) is 0 Å². The first-order valence-electron chi connectivity index (χ1n) is 12.7. The Morgan fingerprint density at radius 1 is 0.970 bits per heavy atom. The number of hydrogen-bond acceptors (Lipinski definition) is 4. The van der Waals surface area contributed by atoms with Crippen LogP contribution in [0.1, 0.15) is 44.1 Å². The molecule has 5 nitrogen and oxygen atoms in total. The third-order valence-electron chi connectivity index (χ3n) is 8.21. The molecule has 5 heteroatoms. The molecule has 2 aliphatic heterocycles. The number of carbonyl (C=O) groups is 1. The van der Waals surface area contributed by atoms with Gasteiger partial charge in [0.15, 0.2) is 0 Å². The largest absolute Gasteiger partial charge is 0.339 e. The van der Waals surface area contributed by atoms with E-state index in [1.165, 1.54) is 31.2 Å². The van der Waals surface area contributed by atoms with E-state index in [1.807, 2.05) is 6.07 Å². The van der Waals surface area contributed by atoms with Gasteiger partial charge in [-0.3, -0.25) is 9.69 Å². The molecular weight excluding hydrogens is 408 g/mol. The van der Waals surface area contributed by atoms with E-state index in [1.54, 1.807) is 0 Å². The molecule has 3 fully saturated rings. The highest BCUT2D eigenvalue weighted by molar-refractivity contribution is 5.93. The number of amides is 1. The maximum Gasteiger partial charge on any atom is 0.247 e. The van der Waals surface area contributed by atoms with Gasteiger partial charge in [-0.15, -0.1) is 0 Å². The molecule has 1 saturated carbocycles. The zero-order chi connectivity index (χ0) is 22.7. The summed E-state index contributed by atoms with van der Waals surface area (Å²) in [6.07, 6.45) is 7.13. The molecule has 2 saturated heterocycles. The van der Waals surface area contributed by atoms with Gasteiger partial charge in [-0.1, -0.05) is 61.4 Å². The smallest absolute Gasteiger partial charge is 0.247 e. The van der Waals surface area contributed by atoms with Crippen LogP contribution in [0, 0.1) is 5.92 Å². The normalized spacial score (nSPS) is 25.5. The number of likely N-dealkylation sites (tertiary alicyclic amines) is 1. The molecule has 33 heavy (non-hydrogen) atoms. The zero-order valence-electron chi connectivity index (χ0n) is 20.0. The first kappa shape index (κ1) is 22.4. The number of para-hydroxylation sites is 1. The number of hydrogen-bond donors (Lipinski definition) is 1. The Balaban J connectivity index is 1.24. The maximum absolute atomic E-state index is 13.0. The lowest BCUT2D eigenvalue weighted by atomic mass is 9.79. The lowest BCUT2D eigenvalue weighted by Crippen LogP contribution is -2.59. The molecule has 3 aliphatic rings. The number of carbonyl (C=O) groups excluding carboxylic acids is 1. The monoisotopic (exact) mass is 446 g/mol. The molecule has 1 amide bonds. The summed E-state index contributed by atoms with van der Waals surface area (Å²) in [5, 5.41) is 3.14. The van der Waals surface area contributed by atoms with Crippen molar-refractivity contribution in [1.29, 1.82) is 0 Å². The van der Waals surface area contributed by atoms with Gasteiger partial charge in [0.25, 0.3) is 0 Å². The van der Waals surface area contributed by atoms with Gasteiger partial charge in [0.05, 0.1) is 6.67 Å². The Hall–Kier alpha value is -2.37. The van der Waals surface area contributed by atoms with Crippen LogP contribution in [0.4, 0.5) is 5.69 Å². The molecule has 0 bridgehead atoms. The molecule has 2 aromatic carbocycles. The van der Waals surface area contributed by atoms with Crippen molar-refractivity contribution in [2.45, 2.75) is 56.7 Å².